The van der Waals surface area contributed by atoms with Crippen molar-refractivity contribution in [3.8, 4) is 0 Å². The zero-order valence-corrected chi connectivity index (χ0v) is 20.6. The maximum absolute atomic E-state index is 13.1. The number of fused-ring (bicyclic) bond motifs is 3. The molecule has 2 fully saturated rings. The van der Waals surface area contributed by atoms with E-state index in [4.69, 9.17) is 21.6 Å². The Morgan fingerprint density at radius 1 is 1.18 bits per heavy atom. The summed E-state index contributed by atoms with van der Waals surface area (Å²) in [5.41, 5.74) is 1.67. The fraction of sp³-hybridized carbons (Fsp3) is 0.583. The lowest BCUT2D eigenvalue weighted by Gasteiger charge is -2.42. The van der Waals surface area contributed by atoms with E-state index >= 15 is 0 Å². The van der Waals surface area contributed by atoms with E-state index in [1.807, 2.05) is 0 Å². The molecule has 8 nitrogen and oxygen atoms in total. The summed E-state index contributed by atoms with van der Waals surface area (Å²) in [5, 5.41) is 14.1. The van der Waals surface area contributed by atoms with E-state index in [9.17, 15) is 9.32 Å². The molecule has 1 aliphatic carbocycles. The topological polar surface area (TPSA) is 104 Å². The van der Waals surface area contributed by atoms with E-state index in [1.54, 1.807) is 12.4 Å². The van der Waals surface area contributed by atoms with Crippen LogP contribution in [0.5, 0.6) is 0 Å². The smallest absolute Gasteiger partial charge is 0.228 e. The van der Waals surface area contributed by atoms with Crippen LogP contribution in [0.2, 0.25) is 5.02 Å². The third-order valence-corrected chi connectivity index (χ3v) is 9.41. The van der Waals surface area contributed by atoms with Gasteiger partial charge in [0.2, 0.25) is 5.95 Å². The van der Waals surface area contributed by atoms with Crippen molar-refractivity contribution in [2.45, 2.75) is 80.3 Å². The summed E-state index contributed by atoms with van der Waals surface area (Å²) in [6.45, 7) is 0.0515. The number of hydrogen-bond acceptors (Lipinski definition) is 8. The van der Waals surface area contributed by atoms with Gasteiger partial charge in [0.1, 0.15) is 10.7 Å². The lowest BCUT2D eigenvalue weighted by Crippen LogP contribution is -2.49. The monoisotopic (exact) mass is 500 g/mol. The van der Waals surface area contributed by atoms with E-state index in [0.29, 0.717) is 22.5 Å². The van der Waals surface area contributed by atoms with Crippen LogP contribution in [0.1, 0.15) is 62.9 Å². The van der Waals surface area contributed by atoms with Crippen LogP contribution >= 0.6 is 11.6 Å². The number of nitrogens with zero attached hydrogens (tertiary/aromatic N) is 5. The Balaban J connectivity index is 1.38. The Morgan fingerprint density at radius 3 is 2.71 bits per heavy atom. The van der Waals surface area contributed by atoms with E-state index in [0.717, 1.165) is 79.8 Å². The van der Waals surface area contributed by atoms with Crippen LogP contribution in [0.15, 0.2) is 23.4 Å². The second-order valence-corrected chi connectivity index (χ2v) is 11.8. The van der Waals surface area contributed by atoms with Crippen molar-refractivity contribution in [2.75, 3.05) is 22.6 Å². The molecule has 0 spiro atoms. The molecule has 2 aromatic heterocycles. The molecular weight excluding hydrogens is 472 g/mol. The standard InChI is InChI=1S/C24H29ClN6O2S/c25-16-12-26-21(27-13-16)15-10-17-5-6-18(11-15)31(17)23-28-19-4-1-2-9-34(33)20(19)22(29-23)30-24(14-32)7-3-8-24/h10,12-13,17-18,32H,1-9,11,14H2,(H,28,29,30). The Hall–Kier alpha value is -2.10. The second-order valence-electron chi connectivity index (χ2n) is 9.90. The van der Waals surface area contributed by atoms with Gasteiger partial charge >= 0.3 is 0 Å². The highest BCUT2D eigenvalue weighted by atomic mass is 35.5. The molecule has 180 valence electrons. The van der Waals surface area contributed by atoms with E-state index in [2.05, 4.69) is 26.3 Å². The summed E-state index contributed by atoms with van der Waals surface area (Å²) < 4.78 is 13.1. The first-order chi connectivity index (χ1) is 16.5. The number of halogens is 1. The number of rotatable bonds is 5. The first kappa shape index (κ1) is 22.4. The van der Waals surface area contributed by atoms with Gasteiger partial charge in [0.15, 0.2) is 5.82 Å². The molecule has 2 aromatic rings. The number of aromatic nitrogens is 4. The second kappa shape index (κ2) is 8.84. The normalized spacial score (nSPS) is 27.4. The zero-order chi connectivity index (χ0) is 23.3. The predicted molar refractivity (Wildman–Crippen MR) is 132 cm³/mol. The summed E-state index contributed by atoms with van der Waals surface area (Å²) >= 11 is 5.98. The number of aliphatic hydroxyl groups excluding tert-OH is 1. The highest BCUT2D eigenvalue weighted by Crippen LogP contribution is 2.42. The maximum atomic E-state index is 13.1. The quantitative estimate of drug-likeness (QED) is 0.642. The Morgan fingerprint density at radius 2 is 2.00 bits per heavy atom. The third kappa shape index (κ3) is 3.91. The number of aliphatic hydroxyl groups is 1. The van der Waals surface area contributed by atoms with Crippen LogP contribution in [0, 0.1) is 0 Å². The lowest BCUT2D eigenvalue weighted by atomic mass is 9.77. The first-order valence-corrected chi connectivity index (χ1v) is 13.9. The van der Waals surface area contributed by atoms with Crippen molar-refractivity contribution in [3.63, 3.8) is 0 Å². The van der Waals surface area contributed by atoms with Crippen molar-refractivity contribution in [2.24, 2.45) is 0 Å². The Kier molecular flexibility index (Phi) is 5.82. The fourth-order valence-electron chi connectivity index (χ4n) is 5.68. The average Bonchev–Trinajstić information content (AvgIpc) is 2.96. The van der Waals surface area contributed by atoms with Gasteiger partial charge in [-0.3, -0.25) is 4.21 Å². The molecule has 0 radical (unpaired) electrons. The number of anilines is 2. The van der Waals surface area contributed by atoms with Gasteiger partial charge in [0.05, 0.1) is 39.7 Å². The van der Waals surface area contributed by atoms with Gasteiger partial charge in [0.25, 0.3) is 0 Å². The largest absolute Gasteiger partial charge is 0.394 e. The number of aryl methyl sites for hydroxylation is 1. The Labute approximate surface area is 206 Å². The van der Waals surface area contributed by atoms with E-state index in [1.165, 1.54) is 0 Å². The maximum Gasteiger partial charge on any atom is 0.228 e. The molecule has 10 heteroatoms. The first-order valence-electron chi connectivity index (χ1n) is 12.2. The van der Waals surface area contributed by atoms with Crippen LogP contribution in [0.25, 0.3) is 5.57 Å². The minimum atomic E-state index is -1.13. The molecule has 0 amide bonds. The molecule has 1 saturated heterocycles. The molecule has 0 aromatic carbocycles. The summed E-state index contributed by atoms with van der Waals surface area (Å²) in [4.78, 5) is 21.9. The molecular formula is C24H29ClN6O2S. The van der Waals surface area contributed by atoms with Gasteiger partial charge < -0.3 is 15.3 Å². The lowest BCUT2D eigenvalue weighted by molar-refractivity contribution is 0.143. The number of nitrogens with one attached hydrogen (secondary N) is 1. The van der Waals surface area contributed by atoms with Crippen LogP contribution in [0.3, 0.4) is 0 Å². The predicted octanol–water partition coefficient (Wildman–Crippen LogP) is 3.52. The minimum Gasteiger partial charge on any atom is -0.394 e. The molecule has 4 aliphatic rings. The van der Waals surface area contributed by atoms with Crippen LogP contribution < -0.4 is 10.2 Å². The van der Waals surface area contributed by atoms with Gasteiger partial charge in [0, 0.05) is 24.2 Å². The van der Waals surface area contributed by atoms with Crippen molar-refractivity contribution in [1.82, 2.24) is 19.9 Å². The summed E-state index contributed by atoms with van der Waals surface area (Å²) in [6.07, 6.45) is 14.0. The molecule has 3 atom stereocenters. The molecule has 3 unspecified atom stereocenters. The van der Waals surface area contributed by atoms with Crippen molar-refractivity contribution < 1.29 is 9.32 Å². The average molecular weight is 501 g/mol. The number of hydrogen-bond donors (Lipinski definition) is 2. The summed E-state index contributed by atoms with van der Waals surface area (Å²) in [5.74, 6) is 2.73. The van der Waals surface area contributed by atoms with Gasteiger partial charge in [-0.1, -0.05) is 17.7 Å². The molecule has 2 N–H and O–H groups in total. The molecule has 1 saturated carbocycles. The van der Waals surface area contributed by atoms with E-state index < -0.39 is 10.8 Å². The van der Waals surface area contributed by atoms with Crippen LogP contribution in [-0.2, 0) is 17.2 Å². The van der Waals surface area contributed by atoms with Crippen molar-refractivity contribution in [1.29, 1.82) is 0 Å². The highest BCUT2D eigenvalue weighted by Gasteiger charge is 2.41. The van der Waals surface area contributed by atoms with Crippen LogP contribution in [0.4, 0.5) is 11.8 Å². The minimum absolute atomic E-state index is 0.0515. The molecule has 5 heterocycles. The summed E-state index contributed by atoms with van der Waals surface area (Å²) in [7, 11) is -1.13. The van der Waals surface area contributed by atoms with Gasteiger partial charge in [-0.05, 0) is 63.4 Å². The third-order valence-electron chi connectivity index (χ3n) is 7.68. The van der Waals surface area contributed by atoms with E-state index in [-0.39, 0.29) is 24.2 Å². The fourth-order valence-corrected chi connectivity index (χ4v) is 7.17. The van der Waals surface area contributed by atoms with Gasteiger partial charge in [-0.15, -0.1) is 0 Å². The zero-order valence-electron chi connectivity index (χ0n) is 19.0. The molecule has 6 rings (SSSR count). The summed E-state index contributed by atoms with van der Waals surface area (Å²) in [6, 6.07) is 0.438. The Bertz CT molecular complexity index is 1150. The molecule has 3 aliphatic heterocycles. The van der Waals surface area contributed by atoms with Gasteiger partial charge in [-0.25, -0.2) is 15.0 Å². The van der Waals surface area contributed by atoms with Crippen molar-refractivity contribution in [3.05, 3.63) is 35.0 Å². The molecule has 2 bridgehead atoms. The molecule has 34 heavy (non-hydrogen) atoms. The highest BCUT2D eigenvalue weighted by molar-refractivity contribution is 7.85. The van der Waals surface area contributed by atoms with Gasteiger partial charge in [-0.2, -0.15) is 4.98 Å². The van der Waals surface area contributed by atoms with Crippen LogP contribution in [-0.4, -0.2) is 59.2 Å². The van der Waals surface area contributed by atoms with Crippen molar-refractivity contribution >= 4 is 39.7 Å². The SMILES string of the molecule is O=S1CCCCc2nc(N3C4C=C(c5ncc(Cl)cn5)CC3CC4)nc(NC3(CO)CCC3)c21.